The Balaban J connectivity index is 1.25. The number of hydrogen-bond acceptors (Lipinski definition) is 2. The fourth-order valence-electron chi connectivity index (χ4n) is 8.59. The molecular weight excluding hydrogens is 556 g/mol. The van der Waals surface area contributed by atoms with E-state index >= 15 is 0 Å². The number of nitrogens with zero attached hydrogens (tertiary/aromatic N) is 1. The SMILES string of the molecule is C=CCC1CCC(c2c3c(c(C4=CC=C(C5=CC6=C(CC5)N(C(=C)CCCC)C(C)N6)CC4)c4ccccc24)=CCCC=3)=CC1=C. The molecule has 0 saturated carbocycles. The molecule has 0 spiro atoms. The van der Waals surface area contributed by atoms with E-state index in [1.165, 1.54) is 90.1 Å². The molecule has 2 unspecified atom stereocenters. The average molecular weight is 607 g/mol. The molecule has 46 heavy (non-hydrogen) atoms. The Bertz CT molecular complexity index is 1900. The van der Waals surface area contributed by atoms with Crippen molar-refractivity contribution in [2.24, 2.45) is 5.92 Å². The minimum absolute atomic E-state index is 0.281. The predicted octanol–water partition coefficient (Wildman–Crippen LogP) is 10.1. The van der Waals surface area contributed by atoms with Gasteiger partial charge in [0.05, 0.1) is 5.70 Å². The summed E-state index contributed by atoms with van der Waals surface area (Å²) in [7, 11) is 0. The summed E-state index contributed by atoms with van der Waals surface area (Å²) in [6.45, 7) is 17.5. The Morgan fingerprint density at radius 3 is 2.22 bits per heavy atom. The maximum Gasteiger partial charge on any atom is 0.100 e. The zero-order chi connectivity index (χ0) is 31.8. The van der Waals surface area contributed by atoms with Crippen LogP contribution in [0.15, 0.2) is 108 Å². The molecule has 236 valence electrons. The Morgan fingerprint density at radius 1 is 0.891 bits per heavy atom. The topological polar surface area (TPSA) is 15.3 Å². The minimum Gasteiger partial charge on any atom is -0.364 e. The van der Waals surface area contributed by atoms with Gasteiger partial charge in [-0.1, -0.05) is 92.8 Å². The second-order valence-electron chi connectivity index (χ2n) is 13.9. The molecule has 7 rings (SSSR count). The predicted molar refractivity (Wildman–Crippen MR) is 199 cm³/mol. The van der Waals surface area contributed by atoms with E-state index in [-0.39, 0.29) is 6.17 Å². The van der Waals surface area contributed by atoms with Gasteiger partial charge >= 0.3 is 0 Å². The van der Waals surface area contributed by atoms with E-state index < -0.39 is 0 Å². The van der Waals surface area contributed by atoms with E-state index in [0.29, 0.717) is 5.92 Å². The molecule has 2 atom stereocenters. The molecule has 2 nitrogen and oxygen atoms in total. The van der Waals surface area contributed by atoms with Gasteiger partial charge in [0, 0.05) is 11.4 Å². The van der Waals surface area contributed by atoms with E-state index in [4.69, 9.17) is 0 Å². The first kappa shape index (κ1) is 30.6. The lowest BCUT2D eigenvalue weighted by molar-refractivity contribution is 0.322. The second-order valence-corrected chi connectivity index (χ2v) is 13.9. The molecule has 0 amide bonds. The lowest BCUT2D eigenvalue weighted by Crippen LogP contribution is -2.34. The highest BCUT2D eigenvalue weighted by Crippen LogP contribution is 2.41. The van der Waals surface area contributed by atoms with Gasteiger partial charge in [-0.25, -0.2) is 0 Å². The van der Waals surface area contributed by atoms with E-state index in [0.717, 1.165) is 64.2 Å². The van der Waals surface area contributed by atoms with Gasteiger partial charge in [0.2, 0.25) is 0 Å². The maximum atomic E-state index is 4.49. The third kappa shape index (κ3) is 5.51. The first-order valence-electron chi connectivity index (χ1n) is 17.8. The van der Waals surface area contributed by atoms with Crippen molar-refractivity contribution >= 4 is 34.1 Å². The van der Waals surface area contributed by atoms with Crippen LogP contribution in [-0.2, 0) is 0 Å². The smallest absolute Gasteiger partial charge is 0.100 e. The Kier molecular flexibility index (Phi) is 8.64. The first-order chi connectivity index (χ1) is 22.5. The number of hydrogen-bond donors (Lipinski definition) is 1. The van der Waals surface area contributed by atoms with E-state index in [9.17, 15) is 0 Å². The molecule has 0 bridgehead atoms. The van der Waals surface area contributed by atoms with Crippen molar-refractivity contribution in [3.63, 3.8) is 0 Å². The molecule has 2 aromatic rings. The number of benzene rings is 2. The van der Waals surface area contributed by atoms with Crippen LogP contribution in [-0.4, -0.2) is 11.1 Å². The minimum atomic E-state index is 0.281. The van der Waals surface area contributed by atoms with Crippen LogP contribution in [0.4, 0.5) is 0 Å². The molecule has 0 saturated heterocycles. The van der Waals surface area contributed by atoms with Gasteiger partial charge in [0.1, 0.15) is 6.17 Å². The third-order valence-corrected chi connectivity index (χ3v) is 10.9. The van der Waals surface area contributed by atoms with Gasteiger partial charge in [0.15, 0.2) is 0 Å². The summed E-state index contributed by atoms with van der Waals surface area (Å²) >= 11 is 0. The number of unbranched alkanes of at least 4 members (excludes halogenated alkanes) is 1. The Morgan fingerprint density at radius 2 is 1.57 bits per heavy atom. The van der Waals surface area contributed by atoms with Crippen LogP contribution in [0.3, 0.4) is 0 Å². The number of nitrogens with one attached hydrogen (secondary N) is 1. The summed E-state index contributed by atoms with van der Waals surface area (Å²) < 4.78 is 0. The monoisotopic (exact) mass is 606 g/mol. The highest BCUT2D eigenvalue weighted by atomic mass is 15.3. The fourth-order valence-corrected chi connectivity index (χ4v) is 8.59. The summed E-state index contributed by atoms with van der Waals surface area (Å²) in [5, 5.41) is 9.44. The molecule has 0 fully saturated rings. The molecule has 5 aliphatic rings. The second kappa shape index (κ2) is 13.0. The van der Waals surface area contributed by atoms with Gasteiger partial charge in [-0.15, -0.1) is 6.58 Å². The van der Waals surface area contributed by atoms with E-state index in [1.54, 1.807) is 0 Å². The Hall–Kier alpha value is -4.04. The molecule has 0 radical (unpaired) electrons. The molecule has 2 heteroatoms. The van der Waals surface area contributed by atoms with Crippen LogP contribution in [0, 0.1) is 5.92 Å². The van der Waals surface area contributed by atoms with Crippen LogP contribution in [0.25, 0.3) is 34.1 Å². The number of rotatable bonds is 9. The van der Waals surface area contributed by atoms with Crippen LogP contribution in [0.5, 0.6) is 0 Å². The zero-order valence-electron chi connectivity index (χ0n) is 28.1. The lowest BCUT2D eigenvalue weighted by atomic mass is 9.78. The van der Waals surface area contributed by atoms with Crippen molar-refractivity contribution in [1.82, 2.24) is 10.2 Å². The van der Waals surface area contributed by atoms with Gasteiger partial charge < -0.3 is 10.2 Å². The van der Waals surface area contributed by atoms with Crippen LogP contribution >= 0.6 is 0 Å². The molecule has 1 aliphatic heterocycles. The van der Waals surface area contributed by atoms with Gasteiger partial charge in [-0.3, -0.25) is 0 Å². The standard InChI is InChI=1S/C44H50N2/c1-6-8-14-30(4)46-31(5)45-41-28-35(25-26-42(41)46)33-20-22-34(23-21-33)43-37-15-9-11-17-39(37)44(40-18-12-10-16-38(40)43)36-24-19-32(13-7-2)29(3)27-36/h7,9,11,15-18,20,22,27-28,31-32,45H,2-4,6,8,10,12-14,19,21,23-26H2,1,5H3. The quantitative estimate of drug-likeness (QED) is 0.286. The molecule has 2 aromatic carbocycles. The summed E-state index contributed by atoms with van der Waals surface area (Å²) in [6, 6.07) is 9.16. The van der Waals surface area contributed by atoms with Crippen molar-refractivity contribution in [3.05, 3.63) is 130 Å². The fraction of sp³-hybridized carbons (Fsp3) is 0.364. The molecule has 1 heterocycles. The normalized spacial score (nSPS) is 22.5. The van der Waals surface area contributed by atoms with Gasteiger partial charge in [-0.05, 0) is 144 Å². The molecule has 0 aromatic heterocycles. The zero-order valence-corrected chi connectivity index (χ0v) is 28.1. The molecular formula is C44H50N2. The maximum absolute atomic E-state index is 4.49. The van der Waals surface area contributed by atoms with Crippen molar-refractivity contribution in [2.45, 2.75) is 97.1 Å². The van der Waals surface area contributed by atoms with Crippen molar-refractivity contribution in [1.29, 1.82) is 0 Å². The molecule has 1 N–H and O–H groups in total. The van der Waals surface area contributed by atoms with Crippen LogP contribution < -0.4 is 15.8 Å². The number of allylic oxidation sites excluding steroid dienone is 12. The summed E-state index contributed by atoms with van der Waals surface area (Å²) in [5.41, 5.74) is 14.1. The van der Waals surface area contributed by atoms with Crippen LogP contribution in [0.2, 0.25) is 0 Å². The summed E-state index contributed by atoms with van der Waals surface area (Å²) in [5.74, 6) is 0.519. The Labute approximate surface area is 276 Å². The van der Waals surface area contributed by atoms with Crippen LogP contribution in [0.1, 0.15) is 102 Å². The van der Waals surface area contributed by atoms with Gasteiger partial charge in [-0.2, -0.15) is 0 Å². The van der Waals surface area contributed by atoms with E-state index in [1.807, 2.05) is 6.08 Å². The van der Waals surface area contributed by atoms with E-state index in [2.05, 4.69) is 105 Å². The lowest BCUT2D eigenvalue weighted by Gasteiger charge is -2.30. The van der Waals surface area contributed by atoms with Crippen molar-refractivity contribution in [2.75, 3.05) is 0 Å². The molecule has 4 aliphatic carbocycles. The summed E-state index contributed by atoms with van der Waals surface area (Å²) in [4.78, 5) is 2.47. The van der Waals surface area contributed by atoms with Crippen molar-refractivity contribution in [3.8, 4) is 0 Å². The number of fused-ring (bicyclic) bond motifs is 2. The summed E-state index contributed by atoms with van der Waals surface area (Å²) in [6.07, 6.45) is 30.4. The largest absolute Gasteiger partial charge is 0.364 e. The average Bonchev–Trinajstić information content (AvgIpc) is 3.42. The van der Waals surface area contributed by atoms with Gasteiger partial charge in [0.25, 0.3) is 0 Å². The third-order valence-electron chi connectivity index (χ3n) is 10.9. The first-order valence-corrected chi connectivity index (χ1v) is 17.8. The highest BCUT2D eigenvalue weighted by molar-refractivity contribution is 6.02. The van der Waals surface area contributed by atoms with Crippen molar-refractivity contribution < 1.29 is 0 Å². The highest BCUT2D eigenvalue weighted by Gasteiger charge is 2.32.